The monoisotopic (exact) mass is 307 g/mol. The van der Waals surface area contributed by atoms with Crippen LogP contribution in [0.3, 0.4) is 0 Å². The Hall–Kier alpha value is -2.15. The molecule has 0 unspecified atom stereocenters. The van der Waals surface area contributed by atoms with Crippen molar-refractivity contribution in [2.45, 2.75) is 26.3 Å². The lowest BCUT2D eigenvalue weighted by Gasteiger charge is -2.06. The fraction of sp³-hybridized carbons (Fsp3) is 0.357. The lowest BCUT2D eigenvalue weighted by atomic mass is 10.3. The minimum atomic E-state index is -0.496. The van der Waals surface area contributed by atoms with Gasteiger partial charge in [-0.3, -0.25) is 14.6 Å². The van der Waals surface area contributed by atoms with Gasteiger partial charge in [0.1, 0.15) is 0 Å². The van der Waals surface area contributed by atoms with Crippen LogP contribution in [-0.4, -0.2) is 22.0 Å². The maximum absolute atomic E-state index is 11.7. The molecule has 0 aliphatic heterocycles. The van der Waals surface area contributed by atoms with Gasteiger partial charge in [-0.25, -0.2) is 4.79 Å². The van der Waals surface area contributed by atoms with Crippen LogP contribution in [0.2, 0.25) is 0 Å². The first-order valence-corrected chi connectivity index (χ1v) is 7.48. The van der Waals surface area contributed by atoms with E-state index in [1.807, 2.05) is 0 Å². The molecular formula is C14H17N3O3S. The predicted molar refractivity (Wildman–Crippen MR) is 81.7 cm³/mol. The first kappa shape index (κ1) is 15.2. The molecule has 2 rings (SSSR count). The van der Waals surface area contributed by atoms with Gasteiger partial charge in [-0.1, -0.05) is 0 Å². The van der Waals surface area contributed by atoms with Crippen molar-refractivity contribution in [1.82, 2.24) is 14.9 Å². The maximum Gasteiger partial charge on any atom is 0.328 e. The van der Waals surface area contributed by atoms with E-state index in [9.17, 15) is 14.4 Å². The van der Waals surface area contributed by atoms with Gasteiger partial charge in [-0.05, 0) is 25.5 Å². The highest BCUT2D eigenvalue weighted by molar-refractivity contribution is 7.11. The van der Waals surface area contributed by atoms with Crippen molar-refractivity contribution < 1.29 is 4.79 Å². The number of aromatic nitrogens is 2. The summed E-state index contributed by atoms with van der Waals surface area (Å²) in [4.78, 5) is 38.7. The van der Waals surface area contributed by atoms with E-state index in [4.69, 9.17) is 0 Å². The highest BCUT2D eigenvalue weighted by Crippen LogP contribution is 2.14. The van der Waals surface area contributed by atoms with E-state index in [0.29, 0.717) is 6.54 Å². The second kappa shape index (κ2) is 7.03. The van der Waals surface area contributed by atoms with Crippen molar-refractivity contribution in [3.8, 4) is 0 Å². The summed E-state index contributed by atoms with van der Waals surface area (Å²) in [5.74, 6) is -0.110. The Balaban J connectivity index is 1.74. The molecule has 0 atom stereocenters. The zero-order valence-corrected chi connectivity index (χ0v) is 12.5. The molecule has 112 valence electrons. The van der Waals surface area contributed by atoms with Crippen LogP contribution in [-0.2, 0) is 17.8 Å². The zero-order valence-electron chi connectivity index (χ0n) is 11.7. The number of aromatic amines is 1. The normalized spacial score (nSPS) is 10.5. The van der Waals surface area contributed by atoms with Crippen LogP contribution in [0.4, 0.5) is 0 Å². The van der Waals surface area contributed by atoms with E-state index in [1.165, 1.54) is 26.6 Å². The van der Waals surface area contributed by atoms with Gasteiger partial charge in [0.25, 0.3) is 5.56 Å². The van der Waals surface area contributed by atoms with Gasteiger partial charge in [-0.15, -0.1) is 11.3 Å². The molecule has 21 heavy (non-hydrogen) atoms. The largest absolute Gasteiger partial charge is 0.356 e. The molecule has 0 spiro atoms. The zero-order chi connectivity index (χ0) is 15.2. The molecule has 0 radical (unpaired) electrons. The fourth-order valence-corrected chi connectivity index (χ4v) is 2.77. The first-order valence-electron chi connectivity index (χ1n) is 6.66. The van der Waals surface area contributed by atoms with E-state index >= 15 is 0 Å². The Kier molecular flexibility index (Phi) is 5.10. The number of nitrogens with zero attached hydrogens (tertiary/aromatic N) is 1. The molecule has 6 nitrogen and oxygen atoms in total. The van der Waals surface area contributed by atoms with Crippen molar-refractivity contribution in [3.05, 3.63) is 55.0 Å². The molecule has 0 aromatic carbocycles. The minimum absolute atomic E-state index is 0.110. The van der Waals surface area contributed by atoms with Gasteiger partial charge in [-0.2, -0.15) is 0 Å². The van der Waals surface area contributed by atoms with E-state index in [0.717, 1.165) is 6.42 Å². The molecule has 2 heterocycles. The third kappa shape index (κ3) is 4.71. The SMILES string of the molecule is Cc1ccc(CCNC(=O)CCn2ccc(=O)[nH]c2=O)s1. The van der Waals surface area contributed by atoms with Crippen LogP contribution in [0.5, 0.6) is 0 Å². The molecule has 2 aromatic heterocycles. The van der Waals surface area contributed by atoms with E-state index in [1.54, 1.807) is 11.3 Å². The standard InChI is InChI=1S/C14H17N3O3S/c1-10-2-3-11(21-10)4-7-15-12(18)5-8-17-9-6-13(19)16-14(17)20/h2-3,6,9H,4-5,7-8H2,1H3,(H,15,18)(H,16,19,20). The molecule has 2 aromatic rings. The van der Waals surface area contributed by atoms with Gasteiger partial charge >= 0.3 is 5.69 Å². The fourth-order valence-electron chi connectivity index (χ4n) is 1.88. The second-order valence-electron chi connectivity index (χ2n) is 4.67. The first-order chi connectivity index (χ1) is 10.0. The molecule has 2 N–H and O–H groups in total. The molecule has 0 aliphatic carbocycles. The van der Waals surface area contributed by atoms with Gasteiger partial charge in [0.15, 0.2) is 0 Å². The molecule has 0 bridgehead atoms. The van der Waals surface area contributed by atoms with E-state index in [2.05, 4.69) is 29.4 Å². The number of carbonyl (C=O) groups excluding carboxylic acids is 1. The number of nitrogens with one attached hydrogen (secondary N) is 2. The van der Waals surface area contributed by atoms with Gasteiger partial charge < -0.3 is 9.88 Å². The van der Waals surface area contributed by atoms with Gasteiger partial charge in [0.05, 0.1) is 0 Å². The van der Waals surface area contributed by atoms with Crippen molar-refractivity contribution in [1.29, 1.82) is 0 Å². The maximum atomic E-state index is 11.7. The van der Waals surface area contributed by atoms with Crippen LogP contribution in [0.1, 0.15) is 16.2 Å². The molecular weight excluding hydrogens is 290 g/mol. The highest BCUT2D eigenvalue weighted by atomic mass is 32.1. The molecule has 0 fully saturated rings. The topological polar surface area (TPSA) is 84.0 Å². The summed E-state index contributed by atoms with van der Waals surface area (Å²) in [7, 11) is 0. The number of carbonyl (C=O) groups is 1. The summed E-state index contributed by atoms with van der Waals surface area (Å²) in [6.07, 6.45) is 2.40. The van der Waals surface area contributed by atoms with Crippen molar-refractivity contribution in [2.24, 2.45) is 0 Å². The van der Waals surface area contributed by atoms with Crippen LogP contribution in [0.15, 0.2) is 34.0 Å². The molecule has 1 amide bonds. The van der Waals surface area contributed by atoms with E-state index < -0.39 is 11.2 Å². The summed E-state index contributed by atoms with van der Waals surface area (Å²) in [5, 5.41) is 2.82. The molecule has 0 saturated carbocycles. The number of thiophene rings is 1. The lowest BCUT2D eigenvalue weighted by molar-refractivity contribution is -0.121. The average Bonchev–Trinajstić information content (AvgIpc) is 2.83. The van der Waals surface area contributed by atoms with Crippen molar-refractivity contribution in [2.75, 3.05) is 6.54 Å². The second-order valence-corrected chi connectivity index (χ2v) is 6.04. The number of aryl methyl sites for hydroxylation is 2. The number of rotatable bonds is 6. The van der Waals surface area contributed by atoms with Gasteiger partial charge in [0.2, 0.25) is 5.91 Å². The number of amides is 1. The Morgan fingerprint density at radius 2 is 2.14 bits per heavy atom. The third-order valence-electron chi connectivity index (χ3n) is 2.97. The summed E-state index contributed by atoms with van der Waals surface area (Å²) >= 11 is 1.72. The van der Waals surface area contributed by atoms with E-state index in [-0.39, 0.29) is 18.9 Å². The highest BCUT2D eigenvalue weighted by Gasteiger charge is 2.04. The third-order valence-corrected chi connectivity index (χ3v) is 4.03. The Morgan fingerprint density at radius 1 is 1.33 bits per heavy atom. The number of hydrogen-bond donors (Lipinski definition) is 2. The Morgan fingerprint density at radius 3 is 2.81 bits per heavy atom. The Bertz CT molecular complexity index is 729. The molecule has 7 heteroatoms. The number of H-pyrrole nitrogens is 1. The Labute approximate surface area is 125 Å². The van der Waals surface area contributed by atoms with Crippen LogP contribution in [0.25, 0.3) is 0 Å². The van der Waals surface area contributed by atoms with Crippen molar-refractivity contribution in [3.63, 3.8) is 0 Å². The van der Waals surface area contributed by atoms with Gasteiger partial charge in [0, 0.05) is 41.5 Å². The van der Waals surface area contributed by atoms with Crippen LogP contribution >= 0.6 is 11.3 Å². The lowest BCUT2D eigenvalue weighted by Crippen LogP contribution is -2.31. The van der Waals surface area contributed by atoms with Crippen LogP contribution < -0.4 is 16.6 Å². The molecule has 0 saturated heterocycles. The predicted octanol–water partition coefficient (Wildman–Crippen LogP) is 0.656. The van der Waals surface area contributed by atoms with Crippen LogP contribution in [0, 0.1) is 6.92 Å². The summed E-state index contributed by atoms with van der Waals surface area (Å²) < 4.78 is 1.31. The average molecular weight is 307 g/mol. The summed E-state index contributed by atoms with van der Waals surface area (Å²) in [6, 6.07) is 5.38. The number of hydrogen-bond acceptors (Lipinski definition) is 4. The quantitative estimate of drug-likeness (QED) is 0.822. The minimum Gasteiger partial charge on any atom is -0.356 e. The van der Waals surface area contributed by atoms with Crippen molar-refractivity contribution >= 4 is 17.2 Å². The smallest absolute Gasteiger partial charge is 0.328 e. The molecule has 0 aliphatic rings. The summed E-state index contributed by atoms with van der Waals surface area (Å²) in [6.45, 7) is 2.88. The summed E-state index contributed by atoms with van der Waals surface area (Å²) in [5.41, 5.74) is -0.934.